The third-order valence-electron chi connectivity index (χ3n) is 3.03. The highest BCUT2D eigenvalue weighted by molar-refractivity contribution is 5.29. The standard InChI is InChI=1S/C13H14FNO/c1-10-2-3-11(14)12(8-10)16-9-13(4-5-13)6-7-15/h2-3,8H,4-6,9H2,1H3. The largest absolute Gasteiger partial charge is 0.490 e. The minimum atomic E-state index is -0.335. The number of hydrogen-bond acceptors (Lipinski definition) is 2. The predicted octanol–water partition coefficient (Wildman–Crippen LogP) is 3.21. The highest BCUT2D eigenvalue weighted by Gasteiger charge is 2.43. The van der Waals surface area contributed by atoms with Crippen LogP contribution in [0, 0.1) is 29.5 Å². The van der Waals surface area contributed by atoms with Crippen molar-refractivity contribution < 1.29 is 9.13 Å². The van der Waals surface area contributed by atoms with Gasteiger partial charge in [0.1, 0.15) is 0 Å². The van der Waals surface area contributed by atoms with Crippen LogP contribution in [0.1, 0.15) is 24.8 Å². The molecule has 0 atom stereocenters. The summed E-state index contributed by atoms with van der Waals surface area (Å²) in [7, 11) is 0. The Labute approximate surface area is 94.7 Å². The third-order valence-corrected chi connectivity index (χ3v) is 3.03. The summed E-state index contributed by atoms with van der Waals surface area (Å²) in [6.45, 7) is 2.34. The van der Waals surface area contributed by atoms with Gasteiger partial charge >= 0.3 is 0 Å². The summed E-state index contributed by atoms with van der Waals surface area (Å²) in [5.41, 5.74) is 0.965. The van der Waals surface area contributed by atoms with Crippen molar-refractivity contribution in [3.05, 3.63) is 29.6 Å². The smallest absolute Gasteiger partial charge is 0.165 e. The Hall–Kier alpha value is -1.56. The molecule has 1 aliphatic rings. The van der Waals surface area contributed by atoms with Crippen molar-refractivity contribution in [3.8, 4) is 11.8 Å². The summed E-state index contributed by atoms with van der Waals surface area (Å²) in [5, 5.41) is 8.66. The summed E-state index contributed by atoms with van der Waals surface area (Å²) in [6.07, 6.45) is 2.52. The molecule has 84 valence electrons. The number of rotatable bonds is 4. The van der Waals surface area contributed by atoms with Gasteiger partial charge in [-0.1, -0.05) is 6.07 Å². The second-order valence-electron chi connectivity index (χ2n) is 4.56. The van der Waals surface area contributed by atoms with Crippen molar-refractivity contribution in [2.24, 2.45) is 5.41 Å². The molecule has 0 saturated heterocycles. The molecule has 0 spiro atoms. The van der Waals surface area contributed by atoms with Crippen molar-refractivity contribution in [2.45, 2.75) is 26.2 Å². The van der Waals surface area contributed by atoms with E-state index in [1.54, 1.807) is 12.1 Å². The second-order valence-corrected chi connectivity index (χ2v) is 4.56. The van der Waals surface area contributed by atoms with Gasteiger partial charge in [0.15, 0.2) is 11.6 Å². The maximum absolute atomic E-state index is 13.4. The first-order chi connectivity index (χ1) is 7.65. The van der Waals surface area contributed by atoms with Crippen LogP contribution >= 0.6 is 0 Å². The van der Waals surface area contributed by atoms with Crippen LogP contribution in [-0.4, -0.2) is 6.61 Å². The number of aryl methyl sites for hydroxylation is 1. The van der Waals surface area contributed by atoms with Crippen molar-refractivity contribution >= 4 is 0 Å². The summed E-state index contributed by atoms with van der Waals surface area (Å²) in [6, 6.07) is 6.98. The molecule has 1 aliphatic carbocycles. The van der Waals surface area contributed by atoms with Gasteiger partial charge in [0, 0.05) is 11.8 Å². The van der Waals surface area contributed by atoms with Gasteiger partial charge in [-0.2, -0.15) is 5.26 Å². The molecule has 2 nitrogen and oxygen atoms in total. The first-order valence-electron chi connectivity index (χ1n) is 5.41. The van der Waals surface area contributed by atoms with Crippen LogP contribution in [0.5, 0.6) is 5.75 Å². The fourth-order valence-corrected chi connectivity index (χ4v) is 1.67. The average Bonchev–Trinajstić information content (AvgIpc) is 3.01. The van der Waals surface area contributed by atoms with E-state index in [1.165, 1.54) is 6.07 Å². The maximum atomic E-state index is 13.4. The van der Waals surface area contributed by atoms with E-state index in [-0.39, 0.29) is 11.2 Å². The lowest BCUT2D eigenvalue weighted by molar-refractivity contribution is 0.227. The molecule has 0 amide bonds. The second kappa shape index (κ2) is 4.13. The highest BCUT2D eigenvalue weighted by atomic mass is 19.1. The number of ether oxygens (including phenoxy) is 1. The molecular weight excluding hydrogens is 205 g/mol. The molecule has 0 radical (unpaired) electrons. The van der Waals surface area contributed by atoms with Crippen molar-refractivity contribution in [2.75, 3.05) is 6.61 Å². The third kappa shape index (κ3) is 2.33. The van der Waals surface area contributed by atoms with E-state index in [0.717, 1.165) is 18.4 Å². The first-order valence-corrected chi connectivity index (χ1v) is 5.41. The van der Waals surface area contributed by atoms with E-state index in [1.807, 2.05) is 6.92 Å². The van der Waals surface area contributed by atoms with Gasteiger partial charge < -0.3 is 4.74 Å². The first kappa shape index (κ1) is 10.9. The fraction of sp³-hybridized carbons (Fsp3) is 0.462. The van der Waals surface area contributed by atoms with E-state index in [4.69, 9.17) is 10.00 Å². The number of nitrogens with zero attached hydrogens (tertiary/aromatic N) is 1. The Balaban J connectivity index is 2.00. The zero-order valence-corrected chi connectivity index (χ0v) is 9.29. The topological polar surface area (TPSA) is 33.0 Å². The van der Waals surface area contributed by atoms with Crippen LogP contribution in [-0.2, 0) is 0 Å². The zero-order chi connectivity index (χ0) is 11.6. The van der Waals surface area contributed by atoms with Crippen molar-refractivity contribution in [3.63, 3.8) is 0 Å². The minimum Gasteiger partial charge on any atom is -0.490 e. The number of hydrogen-bond donors (Lipinski definition) is 0. The summed E-state index contributed by atoms with van der Waals surface area (Å²) in [4.78, 5) is 0. The average molecular weight is 219 g/mol. The van der Waals surface area contributed by atoms with Crippen molar-refractivity contribution in [1.82, 2.24) is 0 Å². The van der Waals surface area contributed by atoms with Gasteiger partial charge in [0.05, 0.1) is 12.7 Å². The zero-order valence-electron chi connectivity index (χ0n) is 9.29. The van der Waals surface area contributed by atoms with Crippen LogP contribution in [0.25, 0.3) is 0 Å². The SMILES string of the molecule is Cc1ccc(F)c(OCC2(CC#N)CC2)c1. The van der Waals surface area contributed by atoms with Gasteiger partial charge in [-0.15, -0.1) is 0 Å². The van der Waals surface area contributed by atoms with Gasteiger partial charge in [-0.05, 0) is 37.5 Å². The molecule has 3 heteroatoms. The molecule has 0 aromatic heterocycles. The Bertz CT molecular complexity index is 432. The number of halogens is 1. The molecule has 1 saturated carbocycles. The lowest BCUT2D eigenvalue weighted by atomic mass is 10.1. The Morgan fingerprint density at radius 2 is 2.25 bits per heavy atom. The molecule has 1 fully saturated rings. The van der Waals surface area contributed by atoms with Crippen LogP contribution < -0.4 is 4.74 Å². The van der Waals surface area contributed by atoms with E-state index in [0.29, 0.717) is 18.8 Å². The van der Waals surface area contributed by atoms with Crippen LogP contribution in [0.2, 0.25) is 0 Å². The highest BCUT2D eigenvalue weighted by Crippen LogP contribution is 2.48. The minimum absolute atomic E-state index is 0.00899. The maximum Gasteiger partial charge on any atom is 0.165 e. The molecular formula is C13H14FNO. The molecule has 1 aromatic rings. The molecule has 0 unspecified atom stereocenters. The van der Waals surface area contributed by atoms with Gasteiger partial charge in [-0.3, -0.25) is 0 Å². The van der Waals surface area contributed by atoms with Crippen LogP contribution in [0.4, 0.5) is 4.39 Å². The summed E-state index contributed by atoms with van der Waals surface area (Å²) in [5.74, 6) is -0.0393. The van der Waals surface area contributed by atoms with E-state index in [2.05, 4.69) is 6.07 Å². The van der Waals surface area contributed by atoms with Crippen molar-refractivity contribution in [1.29, 1.82) is 5.26 Å². The van der Waals surface area contributed by atoms with E-state index in [9.17, 15) is 4.39 Å². The van der Waals surface area contributed by atoms with Crippen LogP contribution in [0.15, 0.2) is 18.2 Å². The lowest BCUT2D eigenvalue weighted by Gasteiger charge is -2.13. The predicted molar refractivity (Wildman–Crippen MR) is 58.5 cm³/mol. The monoisotopic (exact) mass is 219 g/mol. The van der Waals surface area contributed by atoms with E-state index < -0.39 is 0 Å². The molecule has 2 rings (SSSR count). The molecule has 0 heterocycles. The Morgan fingerprint density at radius 1 is 1.50 bits per heavy atom. The van der Waals surface area contributed by atoms with Gasteiger partial charge in [0.2, 0.25) is 0 Å². The summed E-state index contributed by atoms with van der Waals surface area (Å²) >= 11 is 0. The molecule has 0 bridgehead atoms. The number of nitriles is 1. The normalized spacial score (nSPS) is 16.6. The van der Waals surface area contributed by atoms with E-state index >= 15 is 0 Å². The summed E-state index contributed by atoms with van der Waals surface area (Å²) < 4.78 is 18.8. The van der Waals surface area contributed by atoms with Gasteiger partial charge in [-0.25, -0.2) is 4.39 Å². The molecule has 1 aromatic carbocycles. The Morgan fingerprint density at radius 3 is 2.88 bits per heavy atom. The van der Waals surface area contributed by atoms with Crippen LogP contribution in [0.3, 0.4) is 0 Å². The Kier molecular flexibility index (Phi) is 2.82. The number of benzene rings is 1. The fourth-order valence-electron chi connectivity index (χ4n) is 1.67. The lowest BCUT2D eigenvalue weighted by Crippen LogP contribution is -2.13. The quantitative estimate of drug-likeness (QED) is 0.779. The molecule has 0 aliphatic heterocycles. The molecule has 16 heavy (non-hydrogen) atoms. The van der Waals surface area contributed by atoms with Gasteiger partial charge in [0.25, 0.3) is 0 Å². The molecule has 0 N–H and O–H groups in total.